The van der Waals surface area contributed by atoms with Crippen molar-refractivity contribution < 1.29 is 18.7 Å². The highest BCUT2D eigenvalue weighted by Gasteiger charge is 2.20. The van der Waals surface area contributed by atoms with Crippen LogP contribution in [0.5, 0.6) is 0 Å². The molecule has 1 N–H and O–H groups in total. The molecule has 0 radical (unpaired) electrons. The molecule has 1 aliphatic rings. The van der Waals surface area contributed by atoms with Crippen LogP contribution in [0.15, 0.2) is 53.6 Å². The second-order valence-electron chi connectivity index (χ2n) is 6.61. The Hall–Kier alpha value is -3.22. The van der Waals surface area contributed by atoms with Crippen LogP contribution in [0, 0.1) is 5.82 Å². The highest BCUT2D eigenvalue weighted by atomic mass is 19.1. The van der Waals surface area contributed by atoms with Gasteiger partial charge in [0.1, 0.15) is 5.82 Å². The van der Waals surface area contributed by atoms with E-state index >= 15 is 0 Å². The molecule has 7 heteroatoms. The van der Waals surface area contributed by atoms with Gasteiger partial charge in [0.25, 0.3) is 5.91 Å². The van der Waals surface area contributed by atoms with E-state index in [1.165, 1.54) is 19.2 Å². The van der Waals surface area contributed by atoms with Gasteiger partial charge in [-0.3, -0.25) is 14.6 Å². The van der Waals surface area contributed by atoms with Crippen LogP contribution in [0.2, 0.25) is 0 Å². The van der Waals surface area contributed by atoms with Crippen LogP contribution in [0.3, 0.4) is 0 Å². The smallest absolute Gasteiger partial charge is 0.307 e. The molecule has 0 spiro atoms. The van der Waals surface area contributed by atoms with Crippen molar-refractivity contribution in [2.24, 2.45) is 5.10 Å². The largest absolute Gasteiger partial charge is 0.469 e. The molecule has 1 unspecified atom stereocenters. The number of nitrogens with one attached hydrogen (secondary N) is 1. The van der Waals surface area contributed by atoms with Crippen molar-refractivity contribution in [3.8, 4) is 0 Å². The summed E-state index contributed by atoms with van der Waals surface area (Å²) in [6.45, 7) is 2.81. The van der Waals surface area contributed by atoms with Gasteiger partial charge in [-0.25, -0.2) is 4.39 Å². The summed E-state index contributed by atoms with van der Waals surface area (Å²) in [5, 5.41) is 9.16. The summed E-state index contributed by atoms with van der Waals surface area (Å²) >= 11 is 0. The summed E-state index contributed by atoms with van der Waals surface area (Å²) < 4.78 is 17.9. The summed E-state index contributed by atoms with van der Waals surface area (Å²) in [7, 11) is 1.28. The fraction of sp³-hybridized carbons (Fsp3) is 0.286. The maximum atomic E-state index is 13.2. The molecule has 0 bridgehead atoms. The minimum absolute atomic E-state index is 0.0479. The molecule has 146 valence electrons. The van der Waals surface area contributed by atoms with Gasteiger partial charge in [-0.1, -0.05) is 12.1 Å². The Morgan fingerprint density at radius 1 is 1.18 bits per heavy atom. The SMILES string of the molecule is COC(=O)CC(NC(=O)c1ccc(N2CCC(C)=N2)cc1)c1ccc(F)cc1. The van der Waals surface area contributed by atoms with Gasteiger partial charge in [-0.05, 0) is 48.9 Å². The van der Waals surface area contributed by atoms with Gasteiger partial charge in [0.05, 0.1) is 25.3 Å². The fourth-order valence-electron chi connectivity index (χ4n) is 2.98. The molecule has 2 aromatic rings. The lowest BCUT2D eigenvalue weighted by Gasteiger charge is -2.19. The van der Waals surface area contributed by atoms with E-state index in [0.29, 0.717) is 11.1 Å². The number of esters is 1. The van der Waals surface area contributed by atoms with Crippen molar-refractivity contribution >= 4 is 23.3 Å². The van der Waals surface area contributed by atoms with Crippen molar-refractivity contribution in [2.75, 3.05) is 18.7 Å². The number of anilines is 1. The van der Waals surface area contributed by atoms with Gasteiger partial charge in [0.2, 0.25) is 0 Å². The Bertz CT molecular complexity index is 879. The molecule has 2 aromatic carbocycles. The number of halogens is 1. The third-order valence-corrected chi connectivity index (χ3v) is 4.58. The Labute approximate surface area is 163 Å². The number of carbonyl (C=O) groups excluding carboxylic acids is 2. The first-order chi connectivity index (χ1) is 13.5. The molecule has 28 heavy (non-hydrogen) atoms. The molecule has 1 atom stereocenters. The van der Waals surface area contributed by atoms with E-state index in [1.807, 2.05) is 24.1 Å². The topological polar surface area (TPSA) is 71.0 Å². The summed E-state index contributed by atoms with van der Waals surface area (Å²) in [5.74, 6) is -1.18. The number of hydrogen-bond acceptors (Lipinski definition) is 5. The lowest BCUT2D eigenvalue weighted by molar-refractivity contribution is -0.141. The molecule has 0 saturated carbocycles. The van der Waals surface area contributed by atoms with Crippen molar-refractivity contribution in [1.82, 2.24) is 5.32 Å². The highest BCUT2D eigenvalue weighted by Crippen LogP contribution is 2.22. The van der Waals surface area contributed by atoms with E-state index in [4.69, 9.17) is 4.74 Å². The van der Waals surface area contributed by atoms with E-state index in [0.717, 1.165) is 24.4 Å². The minimum Gasteiger partial charge on any atom is -0.469 e. The molecule has 1 amide bonds. The number of amides is 1. The average Bonchev–Trinajstić information content (AvgIpc) is 3.14. The number of hydrogen-bond donors (Lipinski definition) is 1. The van der Waals surface area contributed by atoms with Gasteiger partial charge in [0, 0.05) is 24.2 Å². The molecule has 0 aliphatic carbocycles. The second kappa shape index (κ2) is 8.65. The molecular formula is C21H22FN3O3. The maximum absolute atomic E-state index is 13.2. The second-order valence-corrected chi connectivity index (χ2v) is 6.61. The average molecular weight is 383 g/mol. The molecule has 6 nitrogen and oxygen atoms in total. The van der Waals surface area contributed by atoms with E-state index in [1.54, 1.807) is 24.3 Å². The first-order valence-corrected chi connectivity index (χ1v) is 9.01. The molecule has 0 aromatic heterocycles. The van der Waals surface area contributed by atoms with Crippen LogP contribution in [0.1, 0.15) is 41.7 Å². The lowest BCUT2D eigenvalue weighted by Crippen LogP contribution is -2.30. The Kier molecular flexibility index (Phi) is 6.03. The zero-order chi connectivity index (χ0) is 20.1. The van der Waals surface area contributed by atoms with Crippen LogP contribution in [-0.2, 0) is 9.53 Å². The zero-order valence-electron chi connectivity index (χ0n) is 15.8. The summed E-state index contributed by atoms with van der Waals surface area (Å²) in [5.41, 5.74) is 3.07. The molecule has 1 heterocycles. The maximum Gasteiger partial charge on any atom is 0.307 e. The number of benzene rings is 2. The van der Waals surface area contributed by atoms with Gasteiger partial charge in [-0.2, -0.15) is 5.10 Å². The molecule has 3 rings (SSSR count). The van der Waals surface area contributed by atoms with Crippen molar-refractivity contribution in [3.05, 3.63) is 65.5 Å². The molecule has 1 aliphatic heterocycles. The highest BCUT2D eigenvalue weighted by molar-refractivity contribution is 5.95. The molecule has 0 saturated heterocycles. The number of rotatable bonds is 6. The number of hydrazone groups is 1. The Morgan fingerprint density at radius 3 is 2.43 bits per heavy atom. The quantitative estimate of drug-likeness (QED) is 0.776. The fourth-order valence-corrected chi connectivity index (χ4v) is 2.98. The number of methoxy groups -OCH3 is 1. The van der Waals surface area contributed by atoms with Gasteiger partial charge < -0.3 is 10.1 Å². The van der Waals surface area contributed by atoms with Gasteiger partial charge >= 0.3 is 5.97 Å². The van der Waals surface area contributed by atoms with Crippen LogP contribution >= 0.6 is 0 Å². The van der Waals surface area contributed by atoms with Crippen molar-refractivity contribution in [1.29, 1.82) is 0 Å². The molecule has 0 fully saturated rings. The van der Waals surface area contributed by atoms with Crippen molar-refractivity contribution in [2.45, 2.75) is 25.8 Å². The predicted molar refractivity (Wildman–Crippen MR) is 105 cm³/mol. The van der Waals surface area contributed by atoms with Crippen LogP contribution in [0.4, 0.5) is 10.1 Å². The van der Waals surface area contributed by atoms with E-state index in [-0.39, 0.29) is 18.1 Å². The van der Waals surface area contributed by atoms with E-state index in [2.05, 4.69) is 10.4 Å². The van der Waals surface area contributed by atoms with Gasteiger partial charge in [0.15, 0.2) is 0 Å². The van der Waals surface area contributed by atoms with Gasteiger partial charge in [-0.15, -0.1) is 0 Å². The van der Waals surface area contributed by atoms with Crippen molar-refractivity contribution in [3.63, 3.8) is 0 Å². The van der Waals surface area contributed by atoms with E-state index < -0.39 is 12.0 Å². The number of nitrogens with zero attached hydrogens (tertiary/aromatic N) is 2. The van der Waals surface area contributed by atoms with Crippen LogP contribution in [0.25, 0.3) is 0 Å². The Balaban J connectivity index is 1.73. The third kappa shape index (κ3) is 4.73. The van der Waals surface area contributed by atoms with Crippen LogP contribution in [-0.4, -0.2) is 31.2 Å². The van der Waals surface area contributed by atoms with Crippen LogP contribution < -0.4 is 10.3 Å². The first-order valence-electron chi connectivity index (χ1n) is 9.01. The predicted octanol–water partition coefficient (Wildman–Crippen LogP) is 3.45. The standard InChI is InChI=1S/C21H22FN3O3/c1-14-11-12-25(24-14)18-9-5-16(6-10-18)21(27)23-19(13-20(26)28-2)15-3-7-17(22)8-4-15/h3-10,19H,11-13H2,1-2H3,(H,23,27). The zero-order valence-corrected chi connectivity index (χ0v) is 15.8. The summed E-state index contributed by atoms with van der Waals surface area (Å²) in [6, 6.07) is 12.2. The third-order valence-electron chi connectivity index (χ3n) is 4.58. The monoisotopic (exact) mass is 383 g/mol. The number of ether oxygens (including phenoxy) is 1. The Morgan fingerprint density at radius 2 is 1.86 bits per heavy atom. The number of carbonyl (C=O) groups is 2. The lowest BCUT2D eigenvalue weighted by atomic mass is 10.0. The molecular weight excluding hydrogens is 361 g/mol. The summed E-state index contributed by atoms with van der Waals surface area (Å²) in [6.07, 6.45) is 0.878. The first kappa shape index (κ1) is 19.5. The minimum atomic E-state index is -0.619. The summed E-state index contributed by atoms with van der Waals surface area (Å²) in [4.78, 5) is 24.4. The normalized spacial score (nSPS) is 14.4. The van der Waals surface area contributed by atoms with E-state index in [9.17, 15) is 14.0 Å².